The molecule has 9 heteroatoms. The van der Waals surface area contributed by atoms with E-state index in [0.717, 1.165) is 4.31 Å². The Bertz CT molecular complexity index is 1220. The molecule has 0 unspecified atom stereocenters. The van der Waals surface area contributed by atoms with Gasteiger partial charge in [0.15, 0.2) is 0 Å². The van der Waals surface area contributed by atoms with Crippen LogP contribution >= 0.6 is 11.6 Å². The van der Waals surface area contributed by atoms with Crippen molar-refractivity contribution in [2.75, 3.05) is 25.1 Å². The maximum Gasteiger partial charge on any atom is 0.264 e. The molecule has 0 saturated carbocycles. The average molecular weight is 489 g/mol. The smallest absolute Gasteiger partial charge is 0.264 e. The number of benzene rings is 3. The Morgan fingerprint density at radius 2 is 1.67 bits per heavy atom. The predicted molar refractivity (Wildman–Crippen MR) is 129 cm³/mol. The van der Waals surface area contributed by atoms with E-state index in [0.29, 0.717) is 17.1 Å². The zero-order valence-electron chi connectivity index (χ0n) is 18.5. The van der Waals surface area contributed by atoms with E-state index in [4.69, 9.17) is 21.1 Å². The number of ether oxygens (including phenoxy) is 2. The number of halogens is 1. The highest BCUT2D eigenvalue weighted by molar-refractivity contribution is 7.92. The van der Waals surface area contributed by atoms with Crippen molar-refractivity contribution in [2.24, 2.45) is 0 Å². The molecule has 0 radical (unpaired) electrons. The summed E-state index contributed by atoms with van der Waals surface area (Å²) < 4.78 is 38.5. The highest BCUT2D eigenvalue weighted by atomic mass is 35.5. The van der Waals surface area contributed by atoms with E-state index in [1.165, 1.54) is 19.2 Å². The Morgan fingerprint density at radius 1 is 1.00 bits per heavy atom. The SMILES string of the molecule is COc1ccc(OC)c([C@@H](C)NC(=O)CN(c2ccccc2Cl)S(=O)(=O)c2ccccc2)c1. The Kier molecular flexibility index (Phi) is 7.84. The summed E-state index contributed by atoms with van der Waals surface area (Å²) in [7, 11) is -0.973. The minimum absolute atomic E-state index is 0.0558. The second kappa shape index (κ2) is 10.6. The molecule has 0 bridgehead atoms. The maximum absolute atomic E-state index is 13.4. The van der Waals surface area contributed by atoms with E-state index in [1.54, 1.807) is 74.7 Å². The first kappa shape index (κ1) is 24.4. The fraction of sp³-hybridized carbons (Fsp3) is 0.208. The van der Waals surface area contributed by atoms with E-state index in [2.05, 4.69) is 5.32 Å². The first-order valence-corrected chi connectivity index (χ1v) is 11.9. The number of nitrogens with zero attached hydrogens (tertiary/aromatic N) is 1. The highest BCUT2D eigenvalue weighted by Crippen LogP contribution is 2.31. The first-order chi connectivity index (χ1) is 15.8. The van der Waals surface area contributed by atoms with Gasteiger partial charge in [0.2, 0.25) is 5.91 Å². The number of nitrogens with one attached hydrogen (secondary N) is 1. The summed E-state index contributed by atoms with van der Waals surface area (Å²) in [4.78, 5) is 13.1. The summed E-state index contributed by atoms with van der Waals surface area (Å²) in [5.41, 5.74) is 0.908. The number of para-hydroxylation sites is 1. The van der Waals surface area contributed by atoms with Crippen molar-refractivity contribution >= 4 is 33.2 Å². The van der Waals surface area contributed by atoms with Gasteiger partial charge in [-0.05, 0) is 49.4 Å². The van der Waals surface area contributed by atoms with Gasteiger partial charge in [-0.15, -0.1) is 0 Å². The molecule has 7 nitrogen and oxygen atoms in total. The van der Waals surface area contributed by atoms with Gasteiger partial charge in [-0.1, -0.05) is 41.9 Å². The van der Waals surface area contributed by atoms with Crippen molar-refractivity contribution < 1.29 is 22.7 Å². The molecule has 1 N–H and O–H groups in total. The number of carbonyl (C=O) groups is 1. The van der Waals surface area contributed by atoms with E-state index in [1.807, 2.05) is 0 Å². The number of rotatable bonds is 9. The van der Waals surface area contributed by atoms with Crippen LogP contribution in [0.1, 0.15) is 18.5 Å². The number of carbonyl (C=O) groups excluding carboxylic acids is 1. The predicted octanol–water partition coefficient (Wildman–Crippen LogP) is 4.43. The summed E-state index contributed by atoms with van der Waals surface area (Å²) in [5.74, 6) is 0.673. The highest BCUT2D eigenvalue weighted by Gasteiger charge is 2.29. The van der Waals surface area contributed by atoms with Gasteiger partial charge in [0, 0.05) is 5.56 Å². The zero-order valence-corrected chi connectivity index (χ0v) is 20.1. The van der Waals surface area contributed by atoms with Gasteiger partial charge in [0.05, 0.1) is 35.9 Å². The average Bonchev–Trinajstić information content (AvgIpc) is 2.83. The molecule has 3 aromatic carbocycles. The van der Waals surface area contributed by atoms with Crippen molar-refractivity contribution in [1.82, 2.24) is 5.32 Å². The standard InChI is InChI=1S/C24H25ClN2O5S/c1-17(20-15-18(31-2)13-14-23(20)32-3)26-24(28)16-27(22-12-8-7-11-21(22)25)33(29,30)19-9-5-4-6-10-19/h4-15,17H,16H2,1-3H3,(H,26,28)/t17-/m1/s1. The topological polar surface area (TPSA) is 84.9 Å². The van der Waals surface area contributed by atoms with Crippen molar-refractivity contribution in [3.05, 3.63) is 83.4 Å². The molecular weight excluding hydrogens is 464 g/mol. The Hall–Kier alpha value is -3.23. The van der Waals surface area contributed by atoms with E-state index < -0.39 is 28.5 Å². The van der Waals surface area contributed by atoms with Crippen molar-refractivity contribution in [1.29, 1.82) is 0 Å². The van der Waals surface area contributed by atoms with Crippen LogP contribution in [0, 0.1) is 0 Å². The minimum Gasteiger partial charge on any atom is -0.497 e. The van der Waals surface area contributed by atoms with Crippen molar-refractivity contribution in [3.63, 3.8) is 0 Å². The molecule has 0 saturated heterocycles. The first-order valence-electron chi connectivity index (χ1n) is 10.1. The second-order valence-corrected chi connectivity index (χ2v) is 9.44. The Labute approximate surface area is 198 Å². The molecule has 33 heavy (non-hydrogen) atoms. The number of amides is 1. The lowest BCUT2D eigenvalue weighted by molar-refractivity contribution is -0.120. The third kappa shape index (κ3) is 5.58. The quantitative estimate of drug-likeness (QED) is 0.481. The third-order valence-corrected chi connectivity index (χ3v) is 7.11. The molecular formula is C24H25ClN2O5S. The van der Waals surface area contributed by atoms with Gasteiger partial charge in [0.1, 0.15) is 18.0 Å². The fourth-order valence-electron chi connectivity index (χ4n) is 3.35. The normalized spacial score (nSPS) is 12.0. The number of anilines is 1. The molecule has 3 aromatic rings. The van der Waals surface area contributed by atoms with E-state index in [-0.39, 0.29) is 15.6 Å². The Morgan fingerprint density at radius 3 is 2.30 bits per heavy atom. The summed E-state index contributed by atoms with van der Waals surface area (Å²) in [6.07, 6.45) is 0. The van der Waals surface area contributed by atoms with Crippen LogP contribution in [-0.2, 0) is 14.8 Å². The van der Waals surface area contributed by atoms with Crippen LogP contribution in [0.15, 0.2) is 77.7 Å². The minimum atomic E-state index is -4.05. The number of methoxy groups -OCH3 is 2. The van der Waals surface area contributed by atoms with E-state index >= 15 is 0 Å². The van der Waals surface area contributed by atoms with Gasteiger partial charge >= 0.3 is 0 Å². The van der Waals surface area contributed by atoms with Crippen LogP contribution in [0.5, 0.6) is 11.5 Å². The molecule has 0 aromatic heterocycles. The number of hydrogen-bond donors (Lipinski definition) is 1. The summed E-state index contributed by atoms with van der Waals surface area (Å²) in [6.45, 7) is 1.32. The van der Waals surface area contributed by atoms with Crippen LogP contribution in [0.4, 0.5) is 5.69 Å². The molecule has 0 spiro atoms. The second-order valence-electron chi connectivity index (χ2n) is 7.17. The fourth-order valence-corrected chi connectivity index (χ4v) is 5.10. The van der Waals surface area contributed by atoms with Gasteiger partial charge < -0.3 is 14.8 Å². The van der Waals surface area contributed by atoms with Crippen LogP contribution in [0.3, 0.4) is 0 Å². The molecule has 0 fully saturated rings. The molecule has 3 rings (SSSR count). The number of hydrogen-bond acceptors (Lipinski definition) is 5. The van der Waals surface area contributed by atoms with Gasteiger partial charge in [0.25, 0.3) is 10.0 Å². The molecule has 1 atom stereocenters. The molecule has 174 valence electrons. The van der Waals surface area contributed by atoms with Gasteiger partial charge in [-0.25, -0.2) is 8.42 Å². The van der Waals surface area contributed by atoms with Crippen LogP contribution in [0.25, 0.3) is 0 Å². The molecule has 0 aliphatic rings. The molecule has 0 heterocycles. The van der Waals surface area contributed by atoms with Crippen LogP contribution in [0.2, 0.25) is 5.02 Å². The summed E-state index contributed by atoms with van der Waals surface area (Å²) in [6, 6.07) is 19.2. The van der Waals surface area contributed by atoms with Gasteiger partial charge in [-0.3, -0.25) is 9.10 Å². The molecule has 0 aliphatic carbocycles. The number of sulfonamides is 1. The third-order valence-electron chi connectivity index (χ3n) is 5.02. The monoisotopic (exact) mass is 488 g/mol. The Balaban J connectivity index is 1.91. The van der Waals surface area contributed by atoms with Crippen molar-refractivity contribution in [3.8, 4) is 11.5 Å². The largest absolute Gasteiger partial charge is 0.497 e. The van der Waals surface area contributed by atoms with Gasteiger partial charge in [-0.2, -0.15) is 0 Å². The van der Waals surface area contributed by atoms with Crippen LogP contribution in [-0.4, -0.2) is 35.1 Å². The lowest BCUT2D eigenvalue weighted by Crippen LogP contribution is -2.41. The molecule has 1 amide bonds. The molecule has 0 aliphatic heterocycles. The van der Waals surface area contributed by atoms with Crippen LogP contribution < -0.4 is 19.1 Å². The lowest BCUT2D eigenvalue weighted by atomic mass is 10.1. The summed E-state index contributed by atoms with van der Waals surface area (Å²) >= 11 is 6.30. The van der Waals surface area contributed by atoms with E-state index in [9.17, 15) is 13.2 Å². The summed E-state index contributed by atoms with van der Waals surface area (Å²) in [5, 5.41) is 3.06. The van der Waals surface area contributed by atoms with Crippen molar-refractivity contribution in [2.45, 2.75) is 17.9 Å². The maximum atomic E-state index is 13.4. The lowest BCUT2D eigenvalue weighted by Gasteiger charge is -2.26. The zero-order chi connectivity index (χ0) is 24.0.